The zero-order valence-corrected chi connectivity index (χ0v) is 15.0. The molecule has 2 rings (SSSR count). The Morgan fingerprint density at radius 2 is 1.96 bits per heavy atom. The molecule has 0 bridgehead atoms. The zero-order chi connectivity index (χ0) is 17.5. The van der Waals surface area contributed by atoms with Gasteiger partial charge in [0, 0.05) is 31.9 Å². The summed E-state index contributed by atoms with van der Waals surface area (Å²) in [6, 6.07) is 6.55. The highest BCUT2D eigenvalue weighted by Gasteiger charge is 2.16. The Kier molecular flexibility index (Phi) is 6.64. The van der Waals surface area contributed by atoms with Gasteiger partial charge in [0.25, 0.3) is 0 Å². The molecule has 5 heteroatoms. The second-order valence-electron chi connectivity index (χ2n) is 6.76. The van der Waals surface area contributed by atoms with E-state index in [-0.39, 0.29) is 0 Å². The van der Waals surface area contributed by atoms with Crippen molar-refractivity contribution < 1.29 is 9.59 Å². The molecule has 1 heterocycles. The van der Waals surface area contributed by atoms with Crippen LogP contribution in [0.4, 0.5) is 5.69 Å². The average molecular weight is 331 g/mol. The van der Waals surface area contributed by atoms with Gasteiger partial charge >= 0.3 is 11.8 Å². The quantitative estimate of drug-likeness (QED) is 0.783. The van der Waals surface area contributed by atoms with E-state index in [1.807, 2.05) is 13.8 Å². The van der Waals surface area contributed by atoms with Crippen molar-refractivity contribution in [2.24, 2.45) is 5.92 Å². The van der Waals surface area contributed by atoms with Crippen LogP contribution in [-0.2, 0) is 22.4 Å². The van der Waals surface area contributed by atoms with Crippen molar-refractivity contribution in [1.82, 2.24) is 10.6 Å². The minimum absolute atomic E-state index is 0.333. The highest BCUT2D eigenvalue weighted by molar-refractivity contribution is 6.35. The van der Waals surface area contributed by atoms with Crippen LogP contribution in [0, 0.1) is 5.92 Å². The fourth-order valence-corrected chi connectivity index (χ4v) is 2.99. The number of rotatable bonds is 6. The van der Waals surface area contributed by atoms with Crippen LogP contribution in [0.25, 0.3) is 0 Å². The molecule has 0 aromatic heterocycles. The minimum atomic E-state index is -0.550. The second kappa shape index (κ2) is 8.71. The van der Waals surface area contributed by atoms with Gasteiger partial charge in [-0.3, -0.25) is 9.59 Å². The number of amides is 2. The molecule has 1 aromatic carbocycles. The van der Waals surface area contributed by atoms with Crippen LogP contribution < -0.4 is 15.5 Å². The van der Waals surface area contributed by atoms with Crippen molar-refractivity contribution in [3.05, 3.63) is 29.3 Å². The summed E-state index contributed by atoms with van der Waals surface area (Å²) >= 11 is 0. The molecule has 0 spiro atoms. The molecule has 1 aliphatic heterocycles. The summed E-state index contributed by atoms with van der Waals surface area (Å²) in [5.41, 5.74) is 3.93. The van der Waals surface area contributed by atoms with E-state index >= 15 is 0 Å². The van der Waals surface area contributed by atoms with Crippen molar-refractivity contribution in [2.45, 2.75) is 40.0 Å². The number of benzene rings is 1. The summed E-state index contributed by atoms with van der Waals surface area (Å²) in [7, 11) is 0. The molecule has 24 heavy (non-hydrogen) atoms. The van der Waals surface area contributed by atoms with Crippen LogP contribution >= 0.6 is 0 Å². The van der Waals surface area contributed by atoms with Crippen molar-refractivity contribution in [3.63, 3.8) is 0 Å². The first kappa shape index (κ1) is 18.3. The van der Waals surface area contributed by atoms with Crippen molar-refractivity contribution in [3.8, 4) is 0 Å². The molecular formula is C19H29N3O2. The topological polar surface area (TPSA) is 61.4 Å². The molecule has 1 aliphatic rings. The predicted molar refractivity (Wildman–Crippen MR) is 97.2 cm³/mol. The Bertz CT molecular complexity index is 584. The van der Waals surface area contributed by atoms with E-state index in [9.17, 15) is 9.59 Å². The first-order valence-corrected chi connectivity index (χ1v) is 8.94. The van der Waals surface area contributed by atoms with E-state index in [0.29, 0.717) is 19.0 Å². The summed E-state index contributed by atoms with van der Waals surface area (Å²) < 4.78 is 0. The largest absolute Gasteiger partial charge is 0.372 e. The molecule has 0 radical (unpaired) electrons. The lowest BCUT2D eigenvalue weighted by atomic mass is 9.98. The van der Waals surface area contributed by atoms with Crippen LogP contribution in [0.2, 0.25) is 0 Å². The number of fused-ring (bicyclic) bond motifs is 1. The van der Waals surface area contributed by atoms with Gasteiger partial charge in [-0.2, -0.15) is 0 Å². The van der Waals surface area contributed by atoms with Crippen molar-refractivity contribution in [1.29, 1.82) is 0 Å². The molecule has 5 nitrogen and oxygen atoms in total. The highest BCUT2D eigenvalue weighted by Crippen LogP contribution is 2.27. The minimum Gasteiger partial charge on any atom is -0.372 e. The Labute approximate surface area is 144 Å². The average Bonchev–Trinajstić information content (AvgIpc) is 2.58. The highest BCUT2D eigenvalue weighted by atomic mass is 16.2. The third-order valence-corrected chi connectivity index (χ3v) is 4.32. The SMILES string of the molecule is CCN1CCCc2cc(CCNC(=O)C(=O)NCC(C)C)ccc21. The number of anilines is 1. The summed E-state index contributed by atoms with van der Waals surface area (Å²) in [4.78, 5) is 25.8. The Morgan fingerprint density at radius 1 is 1.21 bits per heavy atom. The van der Waals surface area contributed by atoms with Crippen LogP contribution in [0.5, 0.6) is 0 Å². The lowest BCUT2D eigenvalue weighted by molar-refractivity contribution is -0.139. The summed E-state index contributed by atoms with van der Waals surface area (Å²) in [6.45, 7) is 9.33. The van der Waals surface area contributed by atoms with Gasteiger partial charge < -0.3 is 15.5 Å². The monoisotopic (exact) mass is 331 g/mol. The number of hydrogen-bond acceptors (Lipinski definition) is 3. The first-order valence-electron chi connectivity index (χ1n) is 8.94. The lowest BCUT2D eigenvalue weighted by Crippen LogP contribution is -2.41. The molecule has 2 amide bonds. The van der Waals surface area contributed by atoms with E-state index in [4.69, 9.17) is 0 Å². The fraction of sp³-hybridized carbons (Fsp3) is 0.579. The van der Waals surface area contributed by atoms with Crippen molar-refractivity contribution in [2.75, 3.05) is 31.1 Å². The van der Waals surface area contributed by atoms with Gasteiger partial charge in [-0.05, 0) is 49.3 Å². The smallest absolute Gasteiger partial charge is 0.309 e. The van der Waals surface area contributed by atoms with Gasteiger partial charge in [0.2, 0.25) is 0 Å². The number of aryl methyl sites for hydroxylation is 1. The second-order valence-corrected chi connectivity index (χ2v) is 6.76. The van der Waals surface area contributed by atoms with Crippen molar-refractivity contribution >= 4 is 17.5 Å². The van der Waals surface area contributed by atoms with Crippen LogP contribution in [0.1, 0.15) is 38.3 Å². The predicted octanol–water partition coefficient (Wildman–Crippen LogP) is 1.89. The van der Waals surface area contributed by atoms with Crippen LogP contribution in [-0.4, -0.2) is 38.0 Å². The Hall–Kier alpha value is -2.04. The summed E-state index contributed by atoms with van der Waals surface area (Å²) in [6.07, 6.45) is 3.04. The molecule has 0 aliphatic carbocycles. The maximum atomic E-state index is 11.7. The molecule has 2 N–H and O–H groups in total. The normalized spacial score (nSPS) is 13.6. The molecule has 132 valence electrons. The van der Waals surface area contributed by atoms with E-state index in [1.54, 1.807) is 0 Å². The number of nitrogens with zero attached hydrogens (tertiary/aromatic N) is 1. The maximum absolute atomic E-state index is 11.7. The van der Waals surface area contributed by atoms with Crippen LogP contribution in [0.15, 0.2) is 18.2 Å². The van der Waals surface area contributed by atoms with Gasteiger partial charge in [-0.25, -0.2) is 0 Å². The van der Waals surface area contributed by atoms with Gasteiger partial charge in [-0.1, -0.05) is 26.0 Å². The molecule has 0 saturated heterocycles. The van der Waals surface area contributed by atoms with Gasteiger partial charge in [0.15, 0.2) is 0 Å². The fourth-order valence-electron chi connectivity index (χ4n) is 2.99. The number of hydrogen-bond donors (Lipinski definition) is 2. The zero-order valence-electron chi connectivity index (χ0n) is 15.0. The molecular weight excluding hydrogens is 302 g/mol. The van der Waals surface area contributed by atoms with E-state index in [0.717, 1.165) is 25.9 Å². The van der Waals surface area contributed by atoms with Gasteiger partial charge in [0.1, 0.15) is 0 Å². The Morgan fingerprint density at radius 3 is 2.67 bits per heavy atom. The van der Waals surface area contributed by atoms with Gasteiger partial charge in [0.05, 0.1) is 0 Å². The van der Waals surface area contributed by atoms with E-state index < -0.39 is 11.8 Å². The molecule has 0 fully saturated rings. The molecule has 0 atom stereocenters. The van der Waals surface area contributed by atoms with E-state index in [2.05, 4.69) is 40.7 Å². The number of nitrogens with one attached hydrogen (secondary N) is 2. The third kappa shape index (κ3) is 4.98. The molecule has 0 unspecified atom stereocenters. The first-order chi connectivity index (χ1) is 11.5. The summed E-state index contributed by atoms with van der Waals surface area (Å²) in [5, 5.41) is 5.32. The number of carbonyl (C=O) groups excluding carboxylic acids is 2. The maximum Gasteiger partial charge on any atom is 0.309 e. The van der Waals surface area contributed by atoms with Gasteiger partial charge in [-0.15, -0.1) is 0 Å². The van der Waals surface area contributed by atoms with E-state index in [1.165, 1.54) is 23.2 Å². The molecule has 0 saturated carbocycles. The lowest BCUT2D eigenvalue weighted by Gasteiger charge is -2.30. The third-order valence-electron chi connectivity index (χ3n) is 4.32. The standard InChI is InChI=1S/C19H29N3O2/c1-4-22-11-5-6-16-12-15(7-8-17(16)22)9-10-20-18(23)19(24)21-13-14(2)3/h7-8,12,14H,4-6,9-11,13H2,1-3H3,(H,20,23)(H,21,24). The molecule has 1 aromatic rings. The van der Waals surface area contributed by atoms with Crippen LogP contribution in [0.3, 0.4) is 0 Å². The Balaban J connectivity index is 1.82. The summed E-state index contributed by atoms with van der Waals surface area (Å²) in [5.74, 6) is -0.765. The number of carbonyl (C=O) groups is 2.